The lowest BCUT2D eigenvalue weighted by molar-refractivity contribution is -0.124. The predicted octanol–water partition coefficient (Wildman–Crippen LogP) is 3.01. The molecule has 2 atom stereocenters. The molecule has 0 bridgehead atoms. The van der Waals surface area contributed by atoms with Gasteiger partial charge in [-0.2, -0.15) is 0 Å². The fourth-order valence-electron chi connectivity index (χ4n) is 1.90. The van der Waals surface area contributed by atoms with Gasteiger partial charge in [-0.25, -0.2) is 0 Å². The van der Waals surface area contributed by atoms with Gasteiger partial charge in [0.05, 0.1) is 0 Å². The quantitative estimate of drug-likeness (QED) is 0.848. The topological polar surface area (TPSA) is 58.2 Å². The molecule has 1 rings (SSSR count). The van der Waals surface area contributed by atoms with Gasteiger partial charge in [-0.1, -0.05) is 31.9 Å². The van der Waals surface area contributed by atoms with E-state index in [4.69, 9.17) is 11.6 Å². The highest BCUT2D eigenvalue weighted by molar-refractivity contribution is 6.30. The van der Waals surface area contributed by atoms with Gasteiger partial charge in [0, 0.05) is 16.6 Å². The fraction of sp³-hybridized carbons (Fsp3) is 0.500. The Labute approximate surface area is 131 Å². The maximum Gasteiger partial charge on any atom is 0.251 e. The first-order valence-corrected chi connectivity index (χ1v) is 7.59. The van der Waals surface area contributed by atoms with Crippen LogP contribution in [0.2, 0.25) is 5.02 Å². The van der Waals surface area contributed by atoms with Crippen LogP contribution in [-0.4, -0.2) is 23.9 Å². The van der Waals surface area contributed by atoms with Crippen LogP contribution in [-0.2, 0) is 4.79 Å². The second kappa shape index (κ2) is 8.03. The first-order chi connectivity index (χ1) is 9.85. The Balaban J connectivity index is 2.83. The summed E-state index contributed by atoms with van der Waals surface area (Å²) >= 11 is 5.81. The normalized spacial score (nSPS) is 13.6. The Bertz CT molecular complexity index is 486. The molecule has 0 aliphatic carbocycles. The van der Waals surface area contributed by atoms with Crippen molar-refractivity contribution in [3.63, 3.8) is 0 Å². The number of carbonyl (C=O) groups excluding carboxylic acids is 2. The minimum Gasteiger partial charge on any atom is -0.352 e. The number of carbonyl (C=O) groups is 2. The van der Waals surface area contributed by atoms with Crippen molar-refractivity contribution in [3.8, 4) is 0 Å². The molecule has 0 fully saturated rings. The lowest BCUT2D eigenvalue weighted by Crippen LogP contribution is -2.51. The van der Waals surface area contributed by atoms with Crippen molar-refractivity contribution >= 4 is 23.4 Å². The maximum absolute atomic E-state index is 12.2. The zero-order valence-electron chi connectivity index (χ0n) is 12.9. The molecule has 0 spiro atoms. The molecule has 5 heteroatoms. The van der Waals surface area contributed by atoms with Crippen molar-refractivity contribution < 1.29 is 9.59 Å². The van der Waals surface area contributed by atoms with Crippen LogP contribution in [0.4, 0.5) is 0 Å². The maximum atomic E-state index is 12.2. The summed E-state index contributed by atoms with van der Waals surface area (Å²) in [7, 11) is 0. The summed E-state index contributed by atoms with van der Waals surface area (Å²) < 4.78 is 0. The Hall–Kier alpha value is -1.55. The molecule has 1 aromatic rings. The van der Waals surface area contributed by atoms with Crippen LogP contribution >= 0.6 is 11.6 Å². The Morgan fingerprint density at radius 2 is 1.67 bits per heavy atom. The third-order valence-corrected chi connectivity index (χ3v) is 3.57. The lowest BCUT2D eigenvalue weighted by Gasteiger charge is -2.24. The second-order valence-electron chi connectivity index (χ2n) is 5.51. The van der Waals surface area contributed by atoms with E-state index in [0.717, 1.165) is 6.42 Å². The molecule has 2 amide bonds. The number of amides is 2. The van der Waals surface area contributed by atoms with Crippen LogP contribution in [0.1, 0.15) is 44.5 Å². The van der Waals surface area contributed by atoms with Gasteiger partial charge in [0.2, 0.25) is 5.91 Å². The van der Waals surface area contributed by atoms with E-state index >= 15 is 0 Å². The number of hydrogen-bond donors (Lipinski definition) is 2. The monoisotopic (exact) mass is 310 g/mol. The first kappa shape index (κ1) is 17.5. The average Bonchev–Trinajstić information content (AvgIpc) is 2.43. The first-order valence-electron chi connectivity index (χ1n) is 7.22. The molecule has 1 aromatic carbocycles. The zero-order valence-corrected chi connectivity index (χ0v) is 13.7. The molecule has 0 heterocycles. The molecule has 116 valence electrons. The van der Waals surface area contributed by atoms with Crippen LogP contribution in [0.25, 0.3) is 0 Å². The van der Waals surface area contributed by atoms with E-state index in [1.165, 1.54) is 0 Å². The van der Waals surface area contributed by atoms with E-state index in [1.54, 1.807) is 24.3 Å². The van der Waals surface area contributed by atoms with Gasteiger partial charge in [0.1, 0.15) is 6.04 Å². The molecule has 4 nitrogen and oxygen atoms in total. The summed E-state index contributed by atoms with van der Waals surface area (Å²) in [5.74, 6) is -0.363. The molecular formula is C16H23ClN2O2. The Morgan fingerprint density at radius 1 is 1.10 bits per heavy atom. The van der Waals surface area contributed by atoms with E-state index < -0.39 is 6.04 Å². The predicted molar refractivity (Wildman–Crippen MR) is 85.4 cm³/mol. The van der Waals surface area contributed by atoms with E-state index in [2.05, 4.69) is 10.6 Å². The summed E-state index contributed by atoms with van der Waals surface area (Å²) in [6, 6.07) is 6.10. The molecule has 0 aliphatic rings. The van der Waals surface area contributed by atoms with Crippen molar-refractivity contribution in [3.05, 3.63) is 34.9 Å². The third-order valence-electron chi connectivity index (χ3n) is 3.32. The van der Waals surface area contributed by atoms with Gasteiger partial charge in [-0.3, -0.25) is 9.59 Å². The molecule has 21 heavy (non-hydrogen) atoms. The zero-order chi connectivity index (χ0) is 16.0. The summed E-state index contributed by atoms with van der Waals surface area (Å²) in [6.45, 7) is 7.74. The van der Waals surface area contributed by atoms with Crippen LogP contribution in [0.3, 0.4) is 0 Å². The number of nitrogens with one attached hydrogen (secondary N) is 2. The molecule has 0 aliphatic heterocycles. The number of halogens is 1. The smallest absolute Gasteiger partial charge is 0.251 e. The molecule has 0 aromatic heterocycles. The van der Waals surface area contributed by atoms with E-state index in [9.17, 15) is 9.59 Å². The van der Waals surface area contributed by atoms with Crippen LogP contribution in [0.15, 0.2) is 24.3 Å². The molecule has 0 saturated carbocycles. The minimum absolute atomic E-state index is 0.0384. The highest BCUT2D eigenvalue weighted by Gasteiger charge is 2.26. The van der Waals surface area contributed by atoms with Gasteiger partial charge in [0.15, 0.2) is 0 Å². The molecule has 2 unspecified atom stereocenters. The second-order valence-corrected chi connectivity index (χ2v) is 5.94. The van der Waals surface area contributed by atoms with Crippen molar-refractivity contribution in [2.24, 2.45) is 5.92 Å². The summed E-state index contributed by atoms with van der Waals surface area (Å²) in [5, 5.41) is 6.24. The SMILES string of the molecule is CCC(C)C(NC(=O)c1ccc(Cl)cc1)C(=O)NC(C)C. The van der Waals surface area contributed by atoms with Gasteiger partial charge < -0.3 is 10.6 Å². The van der Waals surface area contributed by atoms with Crippen molar-refractivity contribution in [2.45, 2.75) is 46.2 Å². The number of benzene rings is 1. The van der Waals surface area contributed by atoms with Crippen LogP contribution < -0.4 is 10.6 Å². The van der Waals surface area contributed by atoms with E-state index in [0.29, 0.717) is 10.6 Å². The Morgan fingerprint density at radius 3 is 2.14 bits per heavy atom. The molecular weight excluding hydrogens is 288 g/mol. The minimum atomic E-state index is -0.541. The van der Waals surface area contributed by atoms with E-state index in [1.807, 2.05) is 27.7 Å². The van der Waals surface area contributed by atoms with Gasteiger partial charge >= 0.3 is 0 Å². The summed E-state index contributed by atoms with van der Waals surface area (Å²) in [4.78, 5) is 24.5. The van der Waals surface area contributed by atoms with Crippen molar-refractivity contribution in [1.82, 2.24) is 10.6 Å². The summed E-state index contributed by atoms with van der Waals surface area (Å²) in [5.41, 5.74) is 0.491. The summed E-state index contributed by atoms with van der Waals surface area (Å²) in [6.07, 6.45) is 0.803. The Kier molecular flexibility index (Phi) is 6.69. The highest BCUT2D eigenvalue weighted by atomic mass is 35.5. The van der Waals surface area contributed by atoms with Gasteiger partial charge in [0.25, 0.3) is 5.91 Å². The number of hydrogen-bond acceptors (Lipinski definition) is 2. The van der Waals surface area contributed by atoms with Gasteiger partial charge in [-0.15, -0.1) is 0 Å². The lowest BCUT2D eigenvalue weighted by atomic mass is 9.97. The van der Waals surface area contributed by atoms with E-state index in [-0.39, 0.29) is 23.8 Å². The molecule has 0 saturated heterocycles. The van der Waals surface area contributed by atoms with Crippen molar-refractivity contribution in [2.75, 3.05) is 0 Å². The molecule has 2 N–H and O–H groups in total. The highest BCUT2D eigenvalue weighted by Crippen LogP contribution is 2.12. The average molecular weight is 311 g/mol. The van der Waals surface area contributed by atoms with Gasteiger partial charge in [-0.05, 0) is 44.0 Å². The van der Waals surface area contributed by atoms with Crippen LogP contribution in [0.5, 0.6) is 0 Å². The number of rotatable bonds is 6. The fourth-order valence-corrected chi connectivity index (χ4v) is 2.03. The largest absolute Gasteiger partial charge is 0.352 e. The molecule has 0 radical (unpaired) electrons. The third kappa shape index (κ3) is 5.38. The standard InChI is InChI=1S/C16H23ClN2O2/c1-5-11(4)14(16(21)18-10(2)3)19-15(20)12-6-8-13(17)9-7-12/h6-11,14H,5H2,1-4H3,(H,18,21)(H,19,20). The van der Waals surface area contributed by atoms with Crippen molar-refractivity contribution in [1.29, 1.82) is 0 Å². The van der Waals surface area contributed by atoms with Crippen LogP contribution in [0, 0.1) is 5.92 Å².